The van der Waals surface area contributed by atoms with E-state index in [9.17, 15) is 0 Å². The van der Waals surface area contributed by atoms with Gasteiger partial charge >= 0.3 is 0 Å². The van der Waals surface area contributed by atoms with Gasteiger partial charge < -0.3 is 15.0 Å². The third kappa shape index (κ3) is 3.64. The first-order valence-electron chi connectivity index (χ1n) is 8.31. The molecule has 2 rings (SSSR count). The summed E-state index contributed by atoms with van der Waals surface area (Å²) < 4.78 is 11.6. The lowest BCUT2D eigenvalue weighted by Crippen LogP contribution is -2.34. The SMILES string of the molecule is CCCC(C)(N)c1nc(C2(OCC)CCCCCC2)no1. The molecule has 1 aliphatic rings. The number of nitrogens with two attached hydrogens (primary N) is 1. The molecular weight excluding hydrogens is 266 g/mol. The van der Waals surface area contributed by atoms with Gasteiger partial charge in [0.2, 0.25) is 11.7 Å². The van der Waals surface area contributed by atoms with Crippen LogP contribution in [0.1, 0.15) is 83.9 Å². The van der Waals surface area contributed by atoms with Crippen LogP contribution in [-0.2, 0) is 15.9 Å². The number of rotatable bonds is 6. The van der Waals surface area contributed by atoms with E-state index in [1.165, 1.54) is 12.8 Å². The number of nitrogens with zero attached hydrogens (tertiary/aromatic N) is 2. The van der Waals surface area contributed by atoms with Gasteiger partial charge in [-0.3, -0.25) is 0 Å². The molecule has 21 heavy (non-hydrogen) atoms. The Morgan fingerprint density at radius 2 is 1.90 bits per heavy atom. The molecule has 120 valence electrons. The molecule has 1 heterocycles. The molecule has 0 amide bonds. The summed E-state index contributed by atoms with van der Waals surface area (Å²) in [6, 6.07) is 0. The van der Waals surface area contributed by atoms with Crippen molar-refractivity contribution < 1.29 is 9.26 Å². The van der Waals surface area contributed by atoms with Crippen molar-refractivity contribution >= 4 is 0 Å². The predicted octanol–water partition coefficient (Wildman–Crippen LogP) is 3.63. The Bertz CT molecular complexity index is 434. The van der Waals surface area contributed by atoms with Crippen LogP contribution < -0.4 is 5.73 Å². The molecule has 0 aliphatic heterocycles. The minimum Gasteiger partial charge on any atom is -0.367 e. The smallest absolute Gasteiger partial charge is 0.246 e. The lowest BCUT2D eigenvalue weighted by molar-refractivity contribution is -0.0636. The first-order valence-corrected chi connectivity index (χ1v) is 8.31. The fraction of sp³-hybridized carbons (Fsp3) is 0.875. The zero-order valence-corrected chi connectivity index (χ0v) is 13.7. The molecule has 1 saturated carbocycles. The molecular formula is C16H29N3O2. The van der Waals surface area contributed by atoms with Gasteiger partial charge in [-0.25, -0.2) is 0 Å². The fourth-order valence-electron chi connectivity index (χ4n) is 3.28. The molecule has 1 aromatic heterocycles. The Morgan fingerprint density at radius 3 is 2.48 bits per heavy atom. The Hall–Kier alpha value is -0.940. The zero-order valence-electron chi connectivity index (χ0n) is 13.7. The van der Waals surface area contributed by atoms with Gasteiger partial charge in [0.15, 0.2) is 0 Å². The molecule has 0 saturated heterocycles. The summed E-state index contributed by atoms with van der Waals surface area (Å²) in [6.07, 6.45) is 8.56. The summed E-state index contributed by atoms with van der Waals surface area (Å²) in [5, 5.41) is 4.23. The van der Waals surface area contributed by atoms with Crippen molar-refractivity contribution in [2.24, 2.45) is 5.73 Å². The van der Waals surface area contributed by atoms with E-state index < -0.39 is 5.54 Å². The summed E-state index contributed by atoms with van der Waals surface area (Å²) in [5.41, 5.74) is 5.37. The number of hydrogen-bond acceptors (Lipinski definition) is 5. The molecule has 1 unspecified atom stereocenters. The standard InChI is InChI=1S/C16H29N3O2/c1-4-10-15(3,17)14-18-13(19-21-14)16(20-5-2)11-8-6-7-9-12-16/h4-12,17H2,1-3H3. The first kappa shape index (κ1) is 16.4. The van der Waals surface area contributed by atoms with Crippen molar-refractivity contribution in [1.29, 1.82) is 0 Å². The lowest BCUT2D eigenvalue weighted by Gasteiger charge is -2.29. The molecule has 0 bridgehead atoms. The molecule has 1 fully saturated rings. The maximum absolute atomic E-state index is 6.30. The van der Waals surface area contributed by atoms with Gasteiger partial charge in [0.25, 0.3) is 0 Å². The maximum Gasteiger partial charge on any atom is 0.246 e. The van der Waals surface area contributed by atoms with Crippen LogP contribution in [0.2, 0.25) is 0 Å². The van der Waals surface area contributed by atoms with Crippen LogP contribution in [0.5, 0.6) is 0 Å². The minimum absolute atomic E-state index is 0.380. The Balaban J connectivity index is 2.27. The van der Waals surface area contributed by atoms with Crippen LogP contribution in [0.4, 0.5) is 0 Å². The highest BCUT2D eigenvalue weighted by molar-refractivity contribution is 5.07. The van der Waals surface area contributed by atoms with Crippen molar-refractivity contribution in [1.82, 2.24) is 10.1 Å². The molecule has 2 N–H and O–H groups in total. The molecule has 1 atom stereocenters. The minimum atomic E-state index is -0.557. The van der Waals surface area contributed by atoms with Crippen LogP contribution in [0.25, 0.3) is 0 Å². The molecule has 0 radical (unpaired) electrons. The van der Waals surface area contributed by atoms with Gasteiger partial charge in [0.1, 0.15) is 5.60 Å². The van der Waals surface area contributed by atoms with Gasteiger partial charge in [-0.1, -0.05) is 44.2 Å². The number of hydrogen-bond donors (Lipinski definition) is 1. The highest BCUT2D eigenvalue weighted by Crippen LogP contribution is 2.38. The van der Waals surface area contributed by atoms with Crippen LogP contribution in [0.15, 0.2) is 4.52 Å². The topological polar surface area (TPSA) is 74.2 Å². The average molecular weight is 295 g/mol. The van der Waals surface area contributed by atoms with Gasteiger partial charge in [0, 0.05) is 6.61 Å². The third-order valence-electron chi connectivity index (χ3n) is 4.42. The summed E-state index contributed by atoms with van der Waals surface area (Å²) in [7, 11) is 0. The Kier molecular flexibility index (Phi) is 5.38. The van der Waals surface area contributed by atoms with Crippen LogP contribution >= 0.6 is 0 Å². The van der Waals surface area contributed by atoms with E-state index in [0.717, 1.165) is 38.5 Å². The van der Waals surface area contributed by atoms with E-state index in [1.807, 2.05) is 13.8 Å². The van der Waals surface area contributed by atoms with Crippen molar-refractivity contribution in [3.05, 3.63) is 11.7 Å². The summed E-state index contributed by atoms with van der Waals surface area (Å²) in [4.78, 5) is 4.63. The van der Waals surface area contributed by atoms with E-state index in [1.54, 1.807) is 0 Å². The second-order valence-electron chi connectivity index (χ2n) is 6.43. The van der Waals surface area contributed by atoms with Crippen molar-refractivity contribution in [3.8, 4) is 0 Å². The van der Waals surface area contributed by atoms with Crippen molar-refractivity contribution in [3.63, 3.8) is 0 Å². The summed E-state index contributed by atoms with van der Waals surface area (Å²) in [5.74, 6) is 1.22. The molecule has 1 aliphatic carbocycles. The highest BCUT2D eigenvalue weighted by atomic mass is 16.5. The third-order valence-corrected chi connectivity index (χ3v) is 4.42. The number of ether oxygens (including phenoxy) is 1. The predicted molar refractivity (Wildman–Crippen MR) is 81.8 cm³/mol. The van der Waals surface area contributed by atoms with Gasteiger partial charge in [-0.2, -0.15) is 4.98 Å². The molecule has 0 spiro atoms. The lowest BCUT2D eigenvalue weighted by atomic mass is 9.92. The van der Waals surface area contributed by atoms with E-state index >= 15 is 0 Å². The van der Waals surface area contributed by atoms with E-state index in [-0.39, 0.29) is 5.60 Å². The fourth-order valence-corrected chi connectivity index (χ4v) is 3.28. The summed E-state index contributed by atoms with van der Waals surface area (Å²) >= 11 is 0. The molecule has 1 aromatic rings. The average Bonchev–Trinajstić information content (AvgIpc) is 2.83. The van der Waals surface area contributed by atoms with Crippen LogP contribution in [0.3, 0.4) is 0 Å². The van der Waals surface area contributed by atoms with Gasteiger partial charge in [-0.05, 0) is 33.1 Å². The van der Waals surface area contributed by atoms with Crippen LogP contribution in [-0.4, -0.2) is 16.7 Å². The molecule has 0 aromatic carbocycles. The van der Waals surface area contributed by atoms with Crippen LogP contribution in [0, 0.1) is 0 Å². The van der Waals surface area contributed by atoms with E-state index in [4.69, 9.17) is 15.0 Å². The Morgan fingerprint density at radius 1 is 1.24 bits per heavy atom. The molecule has 5 heteroatoms. The van der Waals surface area contributed by atoms with Gasteiger partial charge in [-0.15, -0.1) is 0 Å². The second kappa shape index (κ2) is 6.88. The monoisotopic (exact) mass is 295 g/mol. The second-order valence-corrected chi connectivity index (χ2v) is 6.43. The Labute approximate surface area is 127 Å². The van der Waals surface area contributed by atoms with E-state index in [0.29, 0.717) is 18.3 Å². The largest absolute Gasteiger partial charge is 0.367 e. The number of aromatic nitrogens is 2. The van der Waals surface area contributed by atoms with Crippen molar-refractivity contribution in [2.45, 2.75) is 83.3 Å². The van der Waals surface area contributed by atoms with E-state index in [2.05, 4.69) is 17.1 Å². The normalized spacial score (nSPS) is 21.7. The zero-order chi connectivity index (χ0) is 15.3. The molecule has 5 nitrogen and oxygen atoms in total. The highest BCUT2D eigenvalue weighted by Gasteiger charge is 2.40. The quantitative estimate of drug-likeness (QED) is 0.811. The van der Waals surface area contributed by atoms with Crippen molar-refractivity contribution in [2.75, 3.05) is 6.61 Å². The summed E-state index contributed by atoms with van der Waals surface area (Å²) in [6.45, 7) is 6.75. The maximum atomic E-state index is 6.30. The van der Waals surface area contributed by atoms with Gasteiger partial charge in [0.05, 0.1) is 5.54 Å². The first-order chi connectivity index (χ1) is 10.0.